The van der Waals surface area contributed by atoms with E-state index in [0.29, 0.717) is 16.3 Å². The summed E-state index contributed by atoms with van der Waals surface area (Å²) in [6.45, 7) is 13.4. The van der Waals surface area contributed by atoms with E-state index in [1.165, 1.54) is 23.9 Å². The number of aliphatic hydroxyl groups excluding tert-OH is 1. The Balaban J connectivity index is 0.00000249. The molecule has 2 rings (SSSR count). The van der Waals surface area contributed by atoms with Crippen molar-refractivity contribution in [3.8, 4) is 0 Å². The van der Waals surface area contributed by atoms with Crippen LogP contribution >= 0.6 is 11.8 Å². The molecule has 176 valence electrons. The number of nitrogens with one attached hydrogen (secondary N) is 1. The summed E-state index contributed by atoms with van der Waals surface area (Å²) in [4.78, 5) is 0. The average Bonchev–Trinajstić information content (AvgIpc) is 2.74. The molecule has 2 unspecified atom stereocenters. The number of nitrogens with two attached hydrogens (primary N) is 1. The van der Waals surface area contributed by atoms with Gasteiger partial charge in [-0.05, 0) is 35.6 Å². The van der Waals surface area contributed by atoms with Gasteiger partial charge in [-0.3, -0.25) is 0 Å². The van der Waals surface area contributed by atoms with Crippen molar-refractivity contribution in [2.45, 2.75) is 52.9 Å². The lowest BCUT2D eigenvalue weighted by Gasteiger charge is -2.40. The predicted molar refractivity (Wildman–Crippen MR) is 129 cm³/mol. The van der Waals surface area contributed by atoms with Gasteiger partial charge in [-0.1, -0.05) is 88.5 Å². The van der Waals surface area contributed by atoms with Crippen LogP contribution < -0.4 is 11.1 Å². The Bertz CT molecular complexity index is 874. The molecule has 0 bridgehead atoms. The van der Waals surface area contributed by atoms with Crippen molar-refractivity contribution < 1.29 is 18.3 Å². The second kappa shape index (κ2) is 12.0. The molecule has 0 fully saturated rings. The van der Waals surface area contributed by atoms with Crippen molar-refractivity contribution >= 4 is 11.8 Å². The molecule has 0 aliphatic rings. The maximum Gasteiger partial charge on any atom is 0.416 e. The zero-order chi connectivity index (χ0) is 24.5. The minimum Gasteiger partial charge on any atom is -0.402 e. The Morgan fingerprint density at radius 1 is 1.03 bits per heavy atom. The van der Waals surface area contributed by atoms with Crippen molar-refractivity contribution in [3.05, 3.63) is 94.0 Å². The van der Waals surface area contributed by atoms with Gasteiger partial charge in [-0.15, -0.1) is 0 Å². The first-order valence-corrected chi connectivity index (χ1v) is 11.3. The van der Waals surface area contributed by atoms with E-state index in [0.717, 1.165) is 17.7 Å². The maximum absolute atomic E-state index is 13.0. The molecular formula is C25H33F3N2OS. The van der Waals surface area contributed by atoms with Crippen molar-refractivity contribution in [2.24, 2.45) is 11.1 Å². The standard InChI is InChI=1S/C23H27F3N2OS.C2H6/c1-15(27)14-30-16(2)28-21(29)22(3,4)20(17-8-6-5-7-9-17)18-10-12-19(13-11-18)23(24,25)26;1-2/h5-14,20-21,28-29H,2,27H2,1,3-4H3;1-2H3/b15-14-;. The van der Waals surface area contributed by atoms with Gasteiger partial charge in [-0.25, -0.2) is 0 Å². The smallest absolute Gasteiger partial charge is 0.402 e. The van der Waals surface area contributed by atoms with E-state index >= 15 is 0 Å². The molecule has 4 N–H and O–H groups in total. The summed E-state index contributed by atoms with van der Waals surface area (Å²) in [5.74, 6) is -0.368. The lowest BCUT2D eigenvalue weighted by molar-refractivity contribution is -0.137. The quantitative estimate of drug-likeness (QED) is 0.374. The molecule has 0 radical (unpaired) electrons. The topological polar surface area (TPSA) is 58.3 Å². The summed E-state index contributed by atoms with van der Waals surface area (Å²) in [5, 5.41) is 16.2. The maximum atomic E-state index is 13.0. The molecule has 32 heavy (non-hydrogen) atoms. The minimum absolute atomic E-state index is 0.368. The van der Waals surface area contributed by atoms with Crippen LogP contribution in [0.1, 0.15) is 57.2 Å². The molecule has 2 aromatic rings. The first kappa shape index (κ1) is 27.7. The van der Waals surface area contributed by atoms with E-state index in [1.807, 2.05) is 58.0 Å². The van der Waals surface area contributed by atoms with E-state index in [1.54, 1.807) is 12.3 Å². The first-order chi connectivity index (χ1) is 14.9. The highest BCUT2D eigenvalue weighted by Crippen LogP contribution is 2.44. The van der Waals surface area contributed by atoms with Crippen LogP contribution in [0.2, 0.25) is 0 Å². The van der Waals surface area contributed by atoms with Gasteiger partial charge in [0.2, 0.25) is 0 Å². The third kappa shape index (κ3) is 7.64. The zero-order valence-electron chi connectivity index (χ0n) is 19.2. The number of hydrogen-bond donors (Lipinski definition) is 3. The predicted octanol–water partition coefficient (Wildman–Crippen LogP) is 6.82. The Morgan fingerprint density at radius 3 is 2.00 bits per heavy atom. The van der Waals surface area contributed by atoms with E-state index in [2.05, 4.69) is 11.9 Å². The number of alkyl halides is 3. The molecule has 7 heteroatoms. The lowest BCUT2D eigenvalue weighted by Crippen LogP contribution is -2.44. The highest BCUT2D eigenvalue weighted by Gasteiger charge is 2.39. The van der Waals surface area contributed by atoms with Gasteiger partial charge in [-0.2, -0.15) is 13.2 Å². The fraction of sp³-hybridized carbons (Fsp3) is 0.360. The van der Waals surface area contributed by atoms with Gasteiger partial charge in [0.1, 0.15) is 6.23 Å². The largest absolute Gasteiger partial charge is 0.416 e. The van der Waals surface area contributed by atoms with Crippen LogP contribution in [-0.2, 0) is 6.18 Å². The van der Waals surface area contributed by atoms with Crippen LogP contribution in [0.4, 0.5) is 13.2 Å². The monoisotopic (exact) mass is 466 g/mol. The third-order valence-corrected chi connectivity index (χ3v) is 5.73. The minimum atomic E-state index is -4.40. The number of thioether (sulfide) groups is 1. The molecule has 0 aromatic heterocycles. The summed E-state index contributed by atoms with van der Waals surface area (Å²) in [5.41, 5.74) is 6.32. The zero-order valence-corrected chi connectivity index (χ0v) is 20.0. The summed E-state index contributed by atoms with van der Waals surface area (Å²) in [6.07, 6.45) is -5.42. The van der Waals surface area contributed by atoms with Gasteiger partial charge in [0.05, 0.1) is 10.6 Å². The van der Waals surface area contributed by atoms with E-state index in [-0.39, 0.29) is 5.92 Å². The Kier molecular flexibility index (Phi) is 10.4. The molecule has 0 spiro atoms. The van der Waals surface area contributed by atoms with Crippen LogP contribution in [0.25, 0.3) is 0 Å². The van der Waals surface area contributed by atoms with Crippen molar-refractivity contribution in [3.63, 3.8) is 0 Å². The summed E-state index contributed by atoms with van der Waals surface area (Å²) < 4.78 is 39.0. The van der Waals surface area contributed by atoms with Gasteiger partial charge < -0.3 is 16.2 Å². The Hall–Kier alpha value is -2.38. The SMILES string of the molecule is C=C(NC(O)C(C)(C)C(c1ccccc1)c1ccc(C(F)(F)F)cc1)S/C=C(/C)N.CC. The third-order valence-electron chi connectivity index (χ3n) is 4.84. The van der Waals surface area contributed by atoms with Crippen molar-refractivity contribution in [1.29, 1.82) is 0 Å². The van der Waals surface area contributed by atoms with Gasteiger partial charge in [0.25, 0.3) is 0 Å². The fourth-order valence-corrected chi connectivity index (χ4v) is 3.76. The fourth-order valence-electron chi connectivity index (χ4n) is 3.26. The molecule has 3 nitrogen and oxygen atoms in total. The van der Waals surface area contributed by atoms with Crippen LogP contribution in [0, 0.1) is 5.41 Å². The van der Waals surface area contributed by atoms with Gasteiger partial charge in [0, 0.05) is 17.0 Å². The van der Waals surface area contributed by atoms with Crippen LogP contribution in [-0.4, -0.2) is 11.3 Å². The Morgan fingerprint density at radius 2 is 1.53 bits per heavy atom. The number of benzene rings is 2. The Labute approximate surface area is 193 Å². The molecule has 0 saturated carbocycles. The molecule has 2 aromatic carbocycles. The summed E-state index contributed by atoms with van der Waals surface area (Å²) in [6, 6.07) is 14.5. The number of rotatable bonds is 8. The average molecular weight is 467 g/mol. The van der Waals surface area contributed by atoms with E-state index < -0.39 is 23.4 Å². The van der Waals surface area contributed by atoms with E-state index in [9.17, 15) is 18.3 Å². The lowest BCUT2D eigenvalue weighted by atomic mass is 9.70. The summed E-state index contributed by atoms with van der Waals surface area (Å²) >= 11 is 1.26. The number of hydrogen-bond acceptors (Lipinski definition) is 4. The number of halogens is 3. The van der Waals surface area contributed by atoms with Crippen LogP contribution in [0.5, 0.6) is 0 Å². The number of aliphatic hydroxyl groups is 1. The molecule has 0 amide bonds. The van der Waals surface area contributed by atoms with Crippen molar-refractivity contribution in [2.75, 3.05) is 0 Å². The highest BCUT2D eigenvalue weighted by atomic mass is 32.2. The summed E-state index contributed by atoms with van der Waals surface area (Å²) in [7, 11) is 0. The van der Waals surface area contributed by atoms with E-state index in [4.69, 9.17) is 5.73 Å². The van der Waals surface area contributed by atoms with Gasteiger partial charge >= 0.3 is 6.18 Å². The van der Waals surface area contributed by atoms with Crippen molar-refractivity contribution in [1.82, 2.24) is 5.32 Å². The molecule has 0 aliphatic heterocycles. The second-order valence-electron chi connectivity index (χ2n) is 7.73. The molecule has 0 aliphatic carbocycles. The van der Waals surface area contributed by atoms with Crippen LogP contribution in [0.15, 0.2) is 77.3 Å². The van der Waals surface area contributed by atoms with Crippen LogP contribution in [0.3, 0.4) is 0 Å². The molecule has 2 atom stereocenters. The normalized spacial score (nSPS) is 14.1. The molecule has 0 heterocycles. The van der Waals surface area contributed by atoms with Gasteiger partial charge in [0.15, 0.2) is 0 Å². The molecule has 0 saturated heterocycles. The number of allylic oxidation sites excluding steroid dienone is 1. The molecular weight excluding hydrogens is 433 g/mol. The highest BCUT2D eigenvalue weighted by molar-refractivity contribution is 8.05. The second-order valence-corrected chi connectivity index (χ2v) is 8.70. The first-order valence-electron chi connectivity index (χ1n) is 10.4.